The molecule has 0 N–H and O–H groups in total. The Kier molecular flexibility index (Phi) is 5.22. The van der Waals surface area contributed by atoms with Crippen molar-refractivity contribution in [3.05, 3.63) is 34.4 Å². The summed E-state index contributed by atoms with van der Waals surface area (Å²) in [5.41, 5.74) is 1.43. The minimum absolute atomic E-state index is 0.467. The number of esters is 1. The third kappa shape index (κ3) is 4.22. The molecule has 0 heterocycles. The van der Waals surface area contributed by atoms with Crippen LogP contribution in [-0.2, 0) is 20.0 Å². The van der Waals surface area contributed by atoms with Crippen LogP contribution in [0.4, 0.5) is 13.2 Å². The standard InChI is InChI=1S/C15H18F3NO3/c1-9-6-11(7-10(2)12(9)8-19-21-5)14(3,4)22-13(20)15(16,17)18/h6-8H,1-5H3/b19-8+. The molecule has 0 radical (unpaired) electrons. The number of hydrogen-bond acceptors (Lipinski definition) is 4. The first-order valence-electron chi connectivity index (χ1n) is 6.47. The van der Waals surface area contributed by atoms with Crippen LogP contribution in [0.1, 0.15) is 36.1 Å². The Bertz CT molecular complexity index is 569. The van der Waals surface area contributed by atoms with E-state index in [1.165, 1.54) is 27.2 Å². The van der Waals surface area contributed by atoms with Gasteiger partial charge in [0.15, 0.2) is 0 Å². The van der Waals surface area contributed by atoms with Crippen LogP contribution < -0.4 is 0 Å². The number of hydrogen-bond donors (Lipinski definition) is 0. The van der Waals surface area contributed by atoms with Gasteiger partial charge in [-0.2, -0.15) is 13.2 Å². The van der Waals surface area contributed by atoms with Crippen LogP contribution in [0.3, 0.4) is 0 Å². The zero-order chi connectivity index (χ0) is 17.1. The molecule has 0 aromatic heterocycles. The van der Waals surface area contributed by atoms with Crippen LogP contribution in [-0.4, -0.2) is 25.5 Å². The predicted octanol–water partition coefficient (Wildman–Crippen LogP) is 3.62. The van der Waals surface area contributed by atoms with Gasteiger partial charge in [-0.25, -0.2) is 4.79 Å². The van der Waals surface area contributed by atoms with Gasteiger partial charge in [0.25, 0.3) is 0 Å². The van der Waals surface area contributed by atoms with E-state index in [1.54, 1.807) is 26.0 Å². The van der Waals surface area contributed by atoms with Crippen LogP contribution in [0, 0.1) is 13.8 Å². The highest BCUT2D eigenvalue weighted by Crippen LogP contribution is 2.31. The average Bonchev–Trinajstić information content (AvgIpc) is 2.36. The zero-order valence-electron chi connectivity index (χ0n) is 13.0. The monoisotopic (exact) mass is 317 g/mol. The van der Waals surface area contributed by atoms with Crippen LogP contribution in [0.15, 0.2) is 17.3 Å². The molecule has 0 aliphatic heterocycles. The molecule has 0 saturated heterocycles. The molecule has 0 amide bonds. The van der Waals surface area contributed by atoms with Crippen molar-refractivity contribution in [2.24, 2.45) is 5.16 Å². The molecule has 22 heavy (non-hydrogen) atoms. The molecule has 0 fully saturated rings. The molecule has 4 nitrogen and oxygen atoms in total. The van der Waals surface area contributed by atoms with E-state index in [0.717, 1.165) is 16.7 Å². The number of halogens is 3. The summed E-state index contributed by atoms with van der Waals surface area (Å²) in [6, 6.07) is 3.32. The van der Waals surface area contributed by atoms with E-state index in [2.05, 4.69) is 14.7 Å². The zero-order valence-corrected chi connectivity index (χ0v) is 13.0. The van der Waals surface area contributed by atoms with Crippen molar-refractivity contribution in [1.29, 1.82) is 0 Å². The Morgan fingerprint density at radius 3 is 2.09 bits per heavy atom. The van der Waals surface area contributed by atoms with E-state index < -0.39 is 17.7 Å². The molecule has 122 valence electrons. The van der Waals surface area contributed by atoms with Crippen molar-refractivity contribution >= 4 is 12.2 Å². The number of benzene rings is 1. The molecule has 0 spiro atoms. The van der Waals surface area contributed by atoms with Gasteiger partial charge in [-0.15, -0.1) is 0 Å². The third-order valence-corrected chi connectivity index (χ3v) is 3.16. The molecular formula is C15H18F3NO3. The van der Waals surface area contributed by atoms with Gasteiger partial charge in [0.05, 0.1) is 6.21 Å². The molecular weight excluding hydrogens is 299 g/mol. The van der Waals surface area contributed by atoms with E-state index >= 15 is 0 Å². The molecule has 0 bridgehead atoms. The maximum atomic E-state index is 12.4. The molecule has 0 unspecified atom stereocenters. The lowest BCUT2D eigenvalue weighted by Crippen LogP contribution is -2.34. The van der Waals surface area contributed by atoms with E-state index in [-0.39, 0.29) is 0 Å². The van der Waals surface area contributed by atoms with Gasteiger partial charge in [0, 0.05) is 5.56 Å². The van der Waals surface area contributed by atoms with Crippen molar-refractivity contribution < 1.29 is 27.5 Å². The Morgan fingerprint density at radius 2 is 1.68 bits per heavy atom. The largest absolute Gasteiger partial charge is 0.490 e. The second-order valence-electron chi connectivity index (χ2n) is 5.34. The number of alkyl halides is 3. The van der Waals surface area contributed by atoms with Gasteiger partial charge in [0.1, 0.15) is 12.7 Å². The Labute approximate surface area is 126 Å². The number of oxime groups is 1. The van der Waals surface area contributed by atoms with Gasteiger partial charge < -0.3 is 9.57 Å². The normalized spacial score (nSPS) is 12.5. The Balaban J connectivity index is 3.16. The van der Waals surface area contributed by atoms with Crippen molar-refractivity contribution in [3.63, 3.8) is 0 Å². The topological polar surface area (TPSA) is 47.9 Å². The summed E-state index contributed by atoms with van der Waals surface area (Å²) in [7, 11) is 1.41. The molecule has 0 atom stereocenters. The smallest absolute Gasteiger partial charge is 0.448 e. The summed E-state index contributed by atoms with van der Waals surface area (Å²) in [6.07, 6.45) is -3.50. The quantitative estimate of drug-likeness (QED) is 0.484. The minimum atomic E-state index is -5.02. The highest BCUT2D eigenvalue weighted by molar-refractivity contribution is 5.83. The lowest BCUT2D eigenvalue weighted by Gasteiger charge is -2.27. The molecule has 0 aliphatic rings. The lowest BCUT2D eigenvalue weighted by molar-refractivity contribution is -0.212. The Hall–Kier alpha value is -2.05. The van der Waals surface area contributed by atoms with Crippen LogP contribution in [0.5, 0.6) is 0 Å². The van der Waals surface area contributed by atoms with Gasteiger partial charge in [-0.1, -0.05) is 17.3 Å². The van der Waals surface area contributed by atoms with E-state index in [0.29, 0.717) is 5.56 Å². The van der Waals surface area contributed by atoms with E-state index in [9.17, 15) is 18.0 Å². The lowest BCUT2D eigenvalue weighted by atomic mass is 9.91. The van der Waals surface area contributed by atoms with Crippen LogP contribution in [0.2, 0.25) is 0 Å². The first kappa shape index (κ1) is 18.0. The average molecular weight is 317 g/mol. The highest BCUT2D eigenvalue weighted by Gasteiger charge is 2.44. The summed E-state index contributed by atoms with van der Waals surface area (Å²) >= 11 is 0. The van der Waals surface area contributed by atoms with Crippen LogP contribution >= 0.6 is 0 Å². The molecule has 1 aromatic carbocycles. The highest BCUT2D eigenvalue weighted by atomic mass is 19.4. The number of carbonyl (C=O) groups is 1. The SMILES string of the molecule is CO/N=C/c1c(C)cc(C(C)(C)OC(=O)C(F)(F)F)cc1C. The maximum Gasteiger partial charge on any atom is 0.490 e. The van der Waals surface area contributed by atoms with Crippen molar-refractivity contribution in [3.8, 4) is 0 Å². The van der Waals surface area contributed by atoms with Gasteiger partial charge in [-0.05, 0) is 44.4 Å². The van der Waals surface area contributed by atoms with Gasteiger partial charge in [0.2, 0.25) is 0 Å². The van der Waals surface area contributed by atoms with E-state index in [4.69, 9.17) is 0 Å². The fraction of sp³-hybridized carbons (Fsp3) is 0.467. The summed E-state index contributed by atoms with van der Waals surface area (Å²) in [5, 5.41) is 3.68. The molecule has 7 heteroatoms. The number of aryl methyl sites for hydroxylation is 2. The maximum absolute atomic E-state index is 12.4. The molecule has 1 aromatic rings. The minimum Gasteiger partial charge on any atom is -0.448 e. The number of ether oxygens (including phenoxy) is 1. The number of nitrogens with zero attached hydrogens (tertiary/aromatic N) is 1. The first-order valence-corrected chi connectivity index (χ1v) is 6.47. The second-order valence-corrected chi connectivity index (χ2v) is 5.34. The van der Waals surface area contributed by atoms with Crippen molar-refractivity contribution in [2.45, 2.75) is 39.5 Å². The third-order valence-electron chi connectivity index (χ3n) is 3.16. The number of carbonyl (C=O) groups excluding carboxylic acids is 1. The molecule has 1 rings (SSSR count). The second kappa shape index (κ2) is 6.37. The van der Waals surface area contributed by atoms with E-state index in [1.807, 2.05) is 0 Å². The fourth-order valence-electron chi connectivity index (χ4n) is 1.98. The summed E-state index contributed by atoms with van der Waals surface area (Å²) in [4.78, 5) is 15.7. The predicted molar refractivity (Wildman–Crippen MR) is 75.7 cm³/mol. The van der Waals surface area contributed by atoms with Crippen LogP contribution in [0.25, 0.3) is 0 Å². The molecule has 0 aliphatic carbocycles. The Morgan fingerprint density at radius 1 is 1.18 bits per heavy atom. The summed E-state index contributed by atoms with van der Waals surface area (Å²) in [5.74, 6) is -2.21. The number of rotatable bonds is 4. The molecule has 0 saturated carbocycles. The van der Waals surface area contributed by atoms with Gasteiger partial charge in [-0.3, -0.25) is 0 Å². The summed E-state index contributed by atoms with van der Waals surface area (Å²) in [6.45, 7) is 6.39. The van der Waals surface area contributed by atoms with Gasteiger partial charge >= 0.3 is 12.1 Å². The first-order chi connectivity index (χ1) is 9.99. The van der Waals surface area contributed by atoms with Crippen molar-refractivity contribution in [2.75, 3.05) is 7.11 Å². The van der Waals surface area contributed by atoms with Crippen molar-refractivity contribution in [1.82, 2.24) is 0 Å². The summed E-state index contributed by atoms with van der Waals surface area (Å²) < 4.78 is 41.7. The fourth-order valence-corrected chi connectivity index (χ4v) is 1.98.